The van der Waals surface area contributed by atoms with Crippen LogP contribution >= 0.6 is 0 Å². The summed E-state index contributed by atoms with van der Waals surface area (Å²) in [4.78, 5) is 106. The zero-order chi connectivity index (χ0) is 82.7. The van der Waals surface area contributed by atoms with Gasteiger partial charge in [0.25, 0.3) is 35.4 Å². The van der Waals surface area contributed by atoms with Crippen LogP contribution in [0.25, 0.3) is 0 Å². The fourth-order valence-corrected chi connectivity index (χ4v) is 14.1. The number of fused-ring (bicyclic) bond motifs is 12. The topological polar surface area (TPSA) is 307 Å². The highest BCUT2D eigenvalue weighted by Crippen LogP contribution is 2.41. The Labute approximate surface area is 697 Å². The molecule has 612 valence electrons. The lowest BCUT2D eigenvalue weighted by atomic mass is 9.91. The van der Waals surface area contributed by atoms with Gasteiger partial charge < -0.3 is 60.3 Å². The van der Waals surface area contributed by atoms with Crippen molar-refractivity contribution in [1.29, 1.82) is 0 Å². The van der Waals surface area contributed by atoms with Crippen LogP contribution < -0.4 is 60.3 Å². The molecule has 0 saturated heterocycles. The number of hydrogen-bond donors (Lipinski definition) is 6. The summed E-state index contributed by atoms with van der Waals surface area (Å²) in [5, 5.41) is 18.1. The van der Waals surface area contributed by atoms with E-state index in [0.717, 1.165) is 66.8 Å². The highest BCUT2D eigenvalue weighted by molar-refractivity contribution is 5.94. The summed E-state index contributed by atoms with van der Waals surface area (Å²) < 4.78 is 42.5. The summed E-state index contributed by atoms with van der Waals surface area (Å²) >= 11 is 0. The monoisotopic (exact) mass is 1610 g/mol. The number of aromatic nitrogens is 6. The third-order valence-corrected chi connectivity index (χ3v) is 19.9. The number of nitrogens with one attached hydrogen (secondary N) is 6. The molecule has 24 nitrogen and oxygen atoms in total. The Morgan fingerprint density at radius 3 is 0.467 bits per heavy atom. The Hall–Kier alpha value is -14.2. The van der Waals surface area contributed by atoms with Gasteiger partial charge in [0.15, 0.2) is 0 Å². The van der Waals surface area contributed by atoms with Gasteiger partial charge in [-0.25, -0.2) is 0 Å². The third kappa shape index (κ3) is 24.0. The second kappa shape index (κ2) is 44.2. The normalized spacial score (nSPS) is 11.6. The second-order valence-electron chi connectivity index (χ2n) is 28.5. The molecule has 0 radical (unpaired) electrons. The molecule has 6 aromatic heterocycles. The van der Waals surface area contributed by atoms with Gasteiger partial charge in [-0.3, -0.25) is 58.7 Å². The molecule has 13 rings (SSSR count). The molecule has 120 heavy (non-hydrogen) atoms. The SMILES string of the molecule is O=C(NCCCOc1c2cccc1Cc1cccc(c1OCCCNC(=O)c1ccccn1)Cc1cccc(c1OCCCNC(=O)c1ccccn1)Cc1cccc(c1OCCCNC(=O)c1ccccn1)Cc1cccc(c1OCCCNC(=O)c1ccccn1)Cc1cccc(c1OCCCNC(=O)c1ccccn1)C2)c1ccccn1. The van der Waals surface area contributed by atoms with Gasteiger partial charge in [0.05, 0.1) is 39.6 Å². The zero-order valence-electron chi connectivity index (χ0n) is 66.8. The van der Waals surface area contributed by atoms with Gasteiger partial charge in [0.2, 0.25) is 0 Å². The smallest absolute Gasteiger partial charge is 0.269 e. The fraction of sp³-hybridized carbons (Fsp3) is 0.250. The number of benzene rings is 6. The van der Waals surface area contributed by atoms with Crippen LogP contribution in [0.5, 0.6) is 34.5 Å². The largest absolute Gasteiger partial charge is 0.493 e. The van der Waals surface area contributed by atoms with Crippen molar-refractivity contribution in [3.05, 3.63) is 356 Å². The summed E-state index contributed by atoms with van der Waals surface area (Å²) in [6.45, 7) is 3.18. The molecule has 0 aliphatic heterocycles. The van der Waals surface area contributed by atoms with Crippen molar-refractivity contribution in [2.24, 2.45) is 0 Å². The molecule has 1 aliphatic rings. The first-order valence-electron chi connectivity index (χ1n) is 40.6. The number of nitrogens with zero attached hydrogens (tertiary/aromatic N) is 6. The van der Waals surface area contributed by atoms with E-state index in [0.29, 0.717) is 185 Å². The molecular formula is C96H96N12O12. The number of carbonyl (C=O) groups is 6. The van der Waals surface area contributed by atoms with Crippen molar-refractivity contribution in [3.8, 4) is 34.5 Å². The van der Waals surface area contributed by atoms with Gasteiger partial charge in [-0.15, -0.1) is 0 Å². The molecular weight excluding hydrogens is 1510 g/mol. The molecule has 6 aromatic carbocycles. The van der Waals surface area contributed by atoms with E-state index in [4.69, 9.17) is 28.4 Å². The molecule has 24 heteroatoms. The van der Waals surface area contributed by atoms with E-state index in [2.05, 4.69) is 135 Å². The minimum Gasteiger partial charge on any atom is -0.493 e. The van der Waals surface area contributed by atoms with E-state index >= 15 is 0 Å². The molecule has 6 amide bonds. The quantitative estimate of drug-likeness (QED) is 0.0199. The van der Waals surface area contributed by atoms with E-state index in [1.165, 1.54) is 0 Å². The Morgan fingerprint density at radius 2 is 0.342 bits per heavy atom. The van der Waals surface area contributed by atoms with Crippen molar-refractivity contribution in [3.63, 3.8) is 0 Å². The number of ether oxygens (including phenoxy) is 6. The summed E-state index contributed by atoms with van der Waals surface area (Å²) in [5.41, 5.74) is 12.1. The fourth-order valence-electron chi connectivity index (χ4n) is 14.1. The molecule has 0 fully saturated rings. The van der Waals surface area contributed by atoms with Gasteiger partial charge in [-0.05, 0) is 178 Å². The van der Waals surface area contributed by atoms with Crippen molar-refractivity contribution >= 4 is 35.4 Å². The van der Waals surface area contributed by atoms with Crippen LogP contribution in [0.2, 0.25) is 0 Å². The lowest BCUT2D eigenvalue weighted by Gasteiger charge is -2.23. The summed E-state index contributed by atoms with van der Waals surface area (Å²) in [7, 11) is 0. The maximum atomic E-state index is 13.3. The number of hydrogen-bond acceptors (Lipinski definition) is 18. The predicted molar refractivity (Wildman–Crippen MR) is 456 cm³/mol. The van der Waals surface area contributed by atoms with E-state index in [1.54, 1.807) is 146 Å². The maximum absolute atomic E-state index is 13.3. The van der Waals surface area contributed by atoms with Gasteiger partial charge in [-0.2, -0.15) is 0 Å². The Balaban J connectivity index is 0.915. The van der Waals surface area contributed by atoms with Crippen molar-refractivity contribution in [1.82, 2.24) is 61.8 Å². The average molecular weight is 1610 g/mol. The minimum absolute atomic E-state index is 0.226. The first-order valence-corrected chi connectivity index (χ1v) is 40.6. The van der Waals surface area contributed by atoms with Crippen LogP contribution in [0.4, 0.5) is 0 Å². The molecule has 12 aromatic rings. The lowest BCUT2D eigenvalue weighted by Crippen LogP contribution is -2.26. The Bertz CT molecular complexity index is 4410. The van der Waals surface area contributed by atoms with Crippen LogP contribution in [-0.2, 0) is 38.5 Å². The van der Waals surface area contributed by atoms with Crippen molar-refractivity contribution in [2.75, 3.05) is 78.9 Å². The molecule has 6 N–H and O–H groups in total. The van der Waals surface area contributed by atoms with Crippen LogP contribution in [0.3, 0.4) is 0 Å². The van der Waals surface area contributed by atoms with Crippen molar-refractivity contribution < 1.29 is 57.2 Å². The Morgan fingerprint density at radius 1 is 0.200 bits per heavy atom. The van der Waals surface area contributed by atoms with Crippen LogP contribution in [-0.4, -0.2) is 144 Å². The molecule has 0 saturated carbocycles. The van der Waals surface area contributed by atoms with Crippen LogP contribution in [0, 0.1) is 0 Å². The van der Waals surface area contributed by atoms with E-state index < -0.39 is 0 Å². The van der Waals surface area contributed by atoms with Crippen LogP contribution in [0.15, 0.2) is 256 Å². The molecule has 0 unspecified atom stereocenters. The zero-order valence-corrected chi connectivity index (χ0v) is 66.8. The summed E-state index contributed by atoms with van der Waals surface area (Å²) in [5.74, 6) is 2.07. The number of rotatable bonds is 36. The highest BCUT2D eigenvalue weighted by Gasteiger charge is 2.25. The third-order valence-electron chi connectivity index (χ3n) is 19.9. The Kier molecular flexibility index (Phi) is 30.9. The number of carbonyl (C=O) groups excluding carboxylic acids is 6. The number of para-hydroxylation sites is 6. The van der Waals surface area contributed by atoms with E-state index in [9.17, 15) is 28.8 Å². The molecule has 6 heterocycles. The summed E-state index contributed by atoms with van der Waals surface area (Å²) in [6, 6.07) is 68.2. The first kappa shape index (κ1) is 83.8. The highest BCUT2D eigenvalue weighted by atomic mass is 16.5. The average Bonchev–Trinajstić information content (AvgIpc) is 0.791. The summed E-state index contributed by atoms with van der Waals surface area (Å²) in [6.07, 6.45) is 14.3. The molecule has 12 bridgehead atoms. The van der Waals surface area contributed by atoms with Gasteiger partial charge in [0.1, 0.15) is 68.7 Å². The van der Waals surface area contributed by atoms with Crippen LogP contribution in [0.1, 0.15) is 168 Å². The molecule has 0 spiro atoms. The van der Waals surface area contributed by atoms with E-state index in [-0.39, 0.29) is 75.1 Å². The second-order valence-corrected chi connectivity index (χ2v) is 28.5. The van der Waals surface area contributed by atoms with Gasteiger partial charge in [0, 0.05) is 115 Å². The lowest BCUT2D eigenvalue weighted by molar-refractivity contribution is 0.0938. The minimum atomic E-state index is -0.297. The van der Waals surface area contributed by atoms with Gasteiger partial charge >= 0.3 is 0 Å². The predicted octanol–water partition coefficient (Wildman–Crippen LogP) is 13.1. The maximum Gasteiger partial charge on any atom is 0.269 e. The molecule has 1 aliphatic carbocycles. The molecule has 0 atom stereocenters. The standard InChI is InChI=1S/C96H96N12O12/c109-91(79-37-1-7-43-97-79)103-49-19-55-115-85-67-25-13-26-68(85)62-70-28-15-30-72(87(70)117-57-21-51-105-93(111)81-39-3-9-45-99-81)64-74-32-17-34-76(89(74)119-59-23-53-107-95(113)83-41-5-11-47-101-83)66-78-36-18-35-77(90(78)120-60-24-54-108-96(114)84-42-6-12-48-102-84)65-75-33-16-31-73(88(75)118-58-22-52-106-94(112)82-40-4-10-46-100-82)63-71-29-14-27-69(61-67)86(71)116-56-20-50-104-92(110)80-38-2-8-44-98-80/h1-18,25-48H,19-24,49-66H2,(H,103,109)(H,104,110)(H,105,111)(H,106,112)(H,107,113)(H,108,114). The van der Waals surface area contributed by atoms with E-state index in [1.807, 2.05) is 36.4 Å². The van der Waals surface area contributed by atoms with Gasteiger partial charge in [-0.1, -0.05) is 146 Å². The first-order chi connectivity index (χ1) is 59.1. The number of pyridine rings is 6. The number of amides is 6. The van der Waals surface area contributed by atoms with Crippen molar-refractivity contribution in [2.45, 2.75) is 77.0 Å².